The van der Waals surface area contributed by atoms with E-state index in [9.17, 15) is 0 Å². The summed E-state index contributed by atoms with van der Waals surface area (Å²) in [7, 11) is 0. The van der Waals surface area contributed by atoms with Crippen LogP contribution in [0.3, 0.4) is 0 Å². The van der Waals surface area contributed by atoms with E-state index in [-0.39, 0.29) is 0 Å². The van der Waals surface area contributed by atoms with Crippen LogP contribution in [-0.2, 0) is 0 Å². The third-order valence-electron chi connectivity index (χ3n) is 9.88. The van der Waals surface area contributed by atoms with Crippen molar-refractivity contribution in [2.45, 2.75) is 0 Å². The topological polar surface area (TPSA) is 69.9 Å². The van der Waals surface area contributed by atoms with Crippen LogP contribution < -0.4 is 0 Å². The van der Waals surface area contributed by atoms with E-state index in [0.717, 1.165) is 77.3 Å². The zero-order valence-corrected chi connectivity index (χ0v) is 27.1. The molecule has 0 amide bonds. The average Bonchev–Trinajstić information content (AvgIpc) is 3.87. The van der Waals surface area contributed by atoms with Crippen molar-refractivity contribution in [1.82, 2.24) is 19.5 Å². The molecule has 4 heterocycles. The molecule has 0 aliphatic heterocycles. The van der Waals surface area contributed by atoms with Gasteiger partial charge in [0, 0.05) is 43.4 Å². The van der Waals surface area contributed by atoms with E-state index in [4.69, 9.17) is 23.8 Å². The first-order valence-electron chi connectivity index (χ1n) is 17.0. The minimum absolute atomic E-state index is 0.553. The second-order valence-corrected chi connectivity index (χ2v) is 12.7. The standard InChI is InChI=1S/C45H26N4O2/c1-2-13-27(14-3-1)43-46-44(32-19-12-24-38-40(32)30-17-6-10-22-36(30)50-38)48-45(47-43)42-35(25-26-39-41(42)31-18-7-11-23-37(31)51-39)49-33-20-8-4-15-28(33)29-16-5-9-21-34(29)49/h1-26H. The van der Waals surface area contributed by atoms with Gasteiger partial charge in [-0.3, -0.25) is 0 Å². The Bertz CT molecular complexity index is 3100. The second-order valence-electron chi connectivity index (χ2n) is 12.7. The highest BCUT2D eigenvalue weighted by atomic mass is 16.3. The van der Waals surface area contributed by atoms with Crippen LogP contribution in [0.1, 0.15) is 0 Å². The fourth-order valence-electron chi connectivity index (χ4n) is 7.69. The van der Waals surface area contributed by atoms with Gasteiger partial charge in [-0.1, -0.05) is 115 Å². The van der Waals surface area contributed by atoms with Crippen molar-refractivity contribution in [3.63, 3.8) is 0 Å². The highest BCUT2D eigenvalue weighted by Crippen LogP contribution is 2.43. The Kier molecular flexibility index (Phi) is 5.86. The van der Waals surface area contributed by atoms with Crippen molar-refractivity contribution in [3.05, 3.63) is 158 Å². The molecule has 0 saturated carbocycles. The first kappa shape index (κ1) is 27.9. The molecule has 0 bridgehead atoms. The van der Waals surface area contributed by atoms with Crippen molar-refractivity contribution in [2.75, 3.05) is 0 Å². The third kappa shape index (κ3) is 4.14. The molecule has 0 unspecified atom stereocenters. The molecule has 6 heteroatoms. The number of benzene rings is 7. The van der Waals surface area contributed by atoms with Crippen LogP contribution in [0, 0.1) is 0 Å². The molecule has 0 fully saturated rings. The molecule has 0 N–H and O–H groups in total. The Hall–Kier alpha value is -7.05. The average molecular weight is 655 g/mol. The van der Waals surface area contributed by atoms with Crippen LogP contribution in [0.25, 0.3) is 106 Å². The Balaban J connectivity index is 1.30. The molecule has 11 aromatic rings. The molecule has 0 atom stereocenters. The van der Waals surface area contributed by atoms with E-state index in [1.165, 1.54) is 10.8 Å². The normalized spacial score (nSPS) is 11.9. The highest BCUT2D eigenvalue weighted by Gasteiger charge is 2.25. The number of para-hydroxylation sites is 4. The number of rotatable bonds is 4. The molecule has 0 saturated heterocycles. The van der Waals surface area contributed by atoms with Crippen molar-refractivity contribution < 1.29 is 8.83 Å². The Morgan fingerprint density at radius 2 is 0.902 bits per heavy atom. The number of nitrogens with zero attached hydrogens (tertiary/aromatic N) is 4. The molecule has 0 aliphatic carbocycles. The SMILES string of the molecule is c1ccc(-c2nc(-c3cccc4oc5ccccc5c34)nc(-c3c(-n4c5ccccc5c5ccccc54)ccc4oc5ccccc5c34)n2)cc1. The van der Waals surface area contributed by atoms with Crippen LogP contribution in [0.15, 0.2) is 167 Å². The first-order chi connectivity index (χ1) is 25.3. The number of aromatic nitrogens is 4. The smallest absolute Gasteiger partial charge is 0.166 e. The molecule has 238 valence electrons. The zero-order valence-electron chi connectivity index (χ0n) is 27.1. The maximum absolute atomic E-state index is 6.49. The summed E-state index contributed by atoms with van der Waals surface area (Å²) in [6, 6.07) is 53.7. The molecule has 0 spiro atoms. The Labute approximate surface area is 290 Å². The summed E-state index contributed by atoms with van der Waals surface area (Å²) in [5, 5.41) is 6.29. The monoisotopic (exact) mass is 654 g/mol. The number of hydrogen-bond acceptors (Lipinski definition) is 5. The van der Waals surface area contributed by atoms with Gasteiger partial charge in [-0.25, -0.2) is 15.0 Å². The summed E-state index contributed by atoms with van der Waals surface area (Å²) < 4.78 is 15.1. The fraction of sp³-hybridized carbons (Fsp3) is 0. The van der Waals surface area contributed by atoms with Gasteiger partial charge in [-0.2, -0.15) is 0 Å². The minimum atomic E-state index is 0.553. The van der Waals surface area contributed by atoms with E-state index >= 15 is 0 Å². The first-order valence-corrected chi connectivity index (χ1v) is 17.0. The van der Waals surface area contributed by atoms with E-state index in [0.29, 0.717) is 17.5 Å². The van der Waals surface area contributed by atoms with Gasteiger partial charge in [0.25, 0.3) is 0 Å². The van der Waals surface area contributed by atoms with Gasteiger partial charge in [0.15, 0.2) is 17.5 Å². The lowest BCUT2D eigenvalue weighted by atomic mass is 10.0. The van der Waals surface area contributed by atoms with Crippen LogP contribution in [0.4, 0.5) is 0 Å². The van der Waals surface area contributed by atoms with Crippen LogP contribution >= 0.6 is 0 Å². The van der Waals surface area contributed by atoms with Gasteiger partial charge in [-0.05, 0) is 42.5 Å². The lowest BCUT2D eigenvalue weighted by Crippen LogP contribution is -2.04. The second kappa shape index (κ2) is 10.7. The maximum atomic E-state index is 6.49. The minimum Gasteiger partial charge on any atom is -0.456 e. The molecule has 0 radical (unpaired) electrons. The molecule has 7 aromatic carbocycles. The summed E-state index contributed by atoms with van der Waals surface area (Å²) in [4.78, 5) is 15.8. The largest absolute Gasteiger partial charge is 0.456 e. The molecule has 0 aliphatic rings. The Morgan fingerprint density at radius 3 is 1.61 bits per heavy atom. The Morgan fingerprint density at radius 1 is 0.373 bits per heavy atom. The number of hydrogen-bond donors (Lipinski definition) is 0. The lowest BCUT2D eigenvalue weighted by Gasteiger charge is -2.16. The van der Waals surface area contributed by atoms with Crippen molar-refractivity contribution in [1.29, 1.82) is 0 Å². The molecular weight excluding hydrogens is 629 g/mol. The van der Waals surface area contributed by atoms with Crippen molar-refractivity contribution in [3.8, 4) is 39.9 Å². The van der Waals surface area contributed by atoms with E-state index in [1.54, 1.807) is 0 Å². The van der Waals surface area contributed by atoms with Gasteiger partial charge >= 0.3 is 0 Å². The quantitative estimate of drug-likeness (QED) is 0.189. The molecule has 51 heavy (non-hydrogen) atoms. The van der Waals surface area contributed by atoms with Crippen molar-refractivity contribution in [2.24, 2.45) is 0 Å². The summed E-state index contributed by atoms with van der Waals surface area (Å²) >= 11 is 0. The van der Waals surface area contributed by atoms with E-state index in [2.05, 4.69) is 83.4 Å². The number of furan rings is 2. The van der Waals surface area contributed by atoms with Gasteiger partial charge < -0.3 is 13.4 Å². The van der Waals surface area contributed by atoms with Gasteiger partial charge in [0.2, 0.25) is 0 Å². The third-order valence-corrected chi connectivity index (χ3v) is 9.88. The van der Waals surface area contributed by atoms with Crippen LogP contribution in [-0.4, -0.2) is 19.5 Å². The van der Waals surface area contributed by atoms with E-state index < -0.39 is 0 Å². The van der Waals surface area contributed by atoms with Gasteiger partial charge in [-0.15, -0.1) is 0 Å². The zero-order chi connectivity index (χ0) is 33.5. The van der Waals surface area contributed by atoms with Crippen LogP contribution in [0.5, 0.6) is 0 Å². The number of fused-ring (bicyclic) bond motifs is 9. The summed E-state index contributed by atoms with van der Waals surface area (Å²) in [5.41, 5.74) is 8.96. The van der Waals surface area contributed by atoms with E-state index in [1.807, 2.05) is 78.9 Å². The molecule has 11 rings (SSSR count). The molecule has 4 aromatic heterocycles. The molecule has 6 nitrogen and oxygen atoms in total. The summed E-state index contributed by atoms with van der Waals surface area (Å²) in [5.74, 6) is 1.70. The van der Waals surface area contributed by atoms with Gasteiger partial charge in [0.1, 0.15) is 22.3 Å². The fourth-order valence-corrected chi connectivity index (χ4v) is 7.69. The summed E-state index contributed by atoms with van der Waals surface area (Å²) in [6.07, 6.45) is 0. The van der Waals surface area contributed by atoms with Gasteiger partial charge in [0.05, 0.1) is 22.3 Å². The lowest BCUT2D eigenvalue weighted by molar-refractivity contribution is 0.668. The highest BCUT2D eigenvalue weighted by molar-refractivity contribution is 6.16. The summed E-state index contributed by atoms with van der Waals surface area (Å²) in [6.45, 7) is 0. The van der Waals surface area contributed by atoms with Crippen molar-refractivity contribution >= 4 is 65.7 Å². The predicted octanol–water partition coefficient (Wildman–Crippen LogP) is 11.8. The predicted molar refractivity (Wildman–Crippen MR) is 205 cm³/mol. The molecular formula is C45H26N4O2. The van der Waals surface area contributed by atoms with Crippen LogP contribution in [0.2, 0.25) is 0 Å². The maximum Gasteiger partial charge on any atom is 0.166 e.